The number of nitrogens with one attached hydrogen (secondary N) is 2. The predicted molar refractivity (Wildman–Crippen MR) is 116 cm³/mol. The topological polar surface area (TPSA) is 114 Å². The number of carbonyl (C=O) groups excluding carboxylic acids is 2. The zero-order valence-electron chi connectivity index (χ0n) is 17.7. The number of alkyl carbamates (subject to hydrolysis) is 1. The number of carboxylic acids is 1. The fourth-order valence-electron chi connectivity index (χ4n) is 4.34. The van der Waals surface area contributed by atoms with Crippen molar-refractivity contribution in [3.05, 3.63) is 59.7 Å². The van der Waals surface area contributed by atoms with Gasteiger partial charge in [-0.3, -0.25) is 9.59 Å². The molecule has 4 rings (SSSR count). The number of hydrogen-bond acceptors (Lipinski definition) is 5. The van der Waals surface area contributed by atoms with Crippen molar-refractivity contribution in [2.75, 3.05) is 13.7 Å². The fourth-order valence-corrected chi connectivity index (χ4v) is 4.34. The van der Waals surface area contributed by atoms with Gasteiger partial charge in [-0.1, -0.05) is 48.5 Å². The zero-order valence-corrected chi connectivity index (χ0v) is 17.7. The number of hydrogen-bond donors (Lipinski definition) is 3. The molecule has 0 aliphatic heterocycles. The van der Waals surface area contributed by atoms with Crippen LogP contribution >= 0.6 is 0 Å². The van der Waals surface area contributed by atoms with E-state index in [4.69, 9.17) is 14.6 Å². The summed E-state index contributed by atoms with van der Waals surface area (Å²) in [4.78, 5) is 36.2. The molecular formula is C24H26N2O6. The summed E-state index contributed by atoms with van der Waals surface area (Å²) in [5, 5.41) is 14.3. The van der Waals surface area contributed by atoms with Crippen molar-refractivity contribution >= 4 is 18.0 Å². The molecule has 1 fully saturated rings. The number of fused-ring (bicyclic) bond motifs is 3. The minimum atomic E-state index is -1.22. The normalized spacial score (nSPS) is 19.8. The molecule has 2 aromatic carbocycles. The van der Waals surface area contributed by atoms with Crippen molar-refractivity contribution in [3.8, 4) is 11.1 Å². The van der Waals surface area contributed by atoms with Gasteiger partial charge in [-0.05, 0) is 35.1 Å². The van der Waals surface area contributed by atoms with E-state index in [1.807, 2.05) is 48.5 Å². The van der Waals surface area contributed by atoms with Crippen LogP contribution in [0.5, 0.6) is 0 Å². The van der Waals surface area contributed by atoms with Gasteiger partial charge in [-0.15, -0.1) is 0 Å². The number of aliphatic carboxylic acids is 1. The summed E-state index contributed by atoms with van der Waals surface area (Å²) in [7, 11) is 1.61. The summed E-state index contributed by atoms with van der Waals surface area (Å²) in [6, 6.07) is 14.6. The maximum absolute atomic E-state index is 12.5. The maximum atomic E-state index is 12.5. The van der Waals surface area contributed by atoms with Gasteiger partial charge in [0, 0.05) is 19.1 Å². The third-order valence-corrected chi connectivity index (χ3v) is 6.11. The average Bonchev–Trinajstić information content (AvgIpc) is 3.07. The smallest absolute Gasteiger partial charge is 0.407 e. The average molecular weight is 438 g/mol. The lowest BCUT2D eigenvalue weighted by atomic mass is 9.89. The first-order chi connectivity index (χ1) is 15.5. The number of ether oxygens (including phenoxy) is 2. The van der Waals surface area contributed by atoms with E-state index in [-0.39, 0.29) is 24.7 Å². The van der Waals surface area contributed by atoms with Gasteiger partial charge in [-0.25, -0.2) is 4.79 Å². The quantitative estimate of drug-likeness (QED) is 0.584. The van der Waals surface area contributed by atoms with E-state index in [9.17, 15) is 14.4 Å². The molecule has 2 aliphatic carbocycles. The fraction of sp³-hybridized carbons (Fsp3) is 0.375. The van der Waals surface area contributed by atoms with Crippen LogP contribution in [-0.4, -0.2) is 55.0 Å². The van der Waals surface area contributed by atoms with Crippen molar-refractivity contribution < 1.29 is 29.0 Å². The van der Waals surface area contributed by atoms with Crippen LogP contribution in [0.15, 0.2) is 48.5 Å². The summed E-state index contributed by atoms with van der Waals surface area (Å²) < 4.78 is 10.6. The van der Waals surface area contributed by atoms with Gasteiger partial charge in [0.1, 0.15) is 12.6 Å². The Morgan fingerprint density at radius 2 is 1.62 bits per heavy atom. The zero-order chi connectivity index (χ0) is 22.7. The van der Waals surface area contributed by atoms with Crippen LogP contribution in [0.3, 0.4) is 0 Å². The van der Waals surface area contributed by atoms with Gasteiger partial charge in [0.2, 0.25) is 5.91 Å². The Bertz CT molecular complexity index is 972. The minimum absolute atomic E-state index is 0.0828. The molecule has 8 heteroatoms. The van der Waals surface area contributed by atoms with E-state index >= 15 is 0 Å². The Hall–Kier alpha value is -3.39. The largest absolute Gasteiger partial charge is 0.481 e. The number of benzene rings is 2. The Morgan fingerprint density at radius 1 is 1.03 bits per heavy atom. The first-order valence-corrected chi connectivity index (χ1v) is 10.6. The second-order valence-electron chi connectivity index (χ2n) is 8.15. The summed E-state index contributed by atoms with van der Waals surface area (Å²) in [6.07, 6.45) is 0.0566. The van der Waals surface area contributed by atoms with Crippen molar-refractivity contribution in [1.29, 1.82) is 0 Å². The van der Waals surface area contributed by atoms with E-state index in [0.717, 1.165) is 22.3 Å². The summed E-state index contributed by atoms with van der Waals surface area (Å²) >= 11 is 0. The number of amides is 2. The molecular weight excluding hydrogens is 412 g/mol. The van der Waals surface area contributed by atoms with E-state index in [2.05, 4.69) is 10.6 Å². The first kappa shape index (κ1) is 21.8. The van der Waals surface area contributed by atoms with E-state index in [1.54, 1.807) is 7.11 Å². The molecule has 168 valence electrons. The van der Waals surface area contributed by atoms with Crippen molar-refractivity contribution in [2.24, 2.45) is 0 Å². The Morgan fingerprint density at radius 3 is 2.19 bits per heavy atom. The van der Waals surface area contributed by atoms with E-state index in [0.29, 0.717) is 12.8 Å². The molecule has 0 saturated heterocycles. The highest BCUT2D eigenvalue weighted by atomic mass is 16.5. The summed E-state index contributed by atoms with van der Waals surface area (Å²) in [6.45, 7) is 0.0828. The highest BCUT2D eigenvalue weighted by molar-refractivity contribution is 5.89. The second-order valence-corrected chi connectivity index (χ2v) is 8.15. The Kier molecular flexibility index (Phi) is 6.41. The van der Waals surface area contributed by atoms with Gasteiger partial charge in [0.15, 0.2) is 0 Å². The van der Waals surface area contributed by atoms with Gasteiger partial charge >= 0.3 is 12.1 Å². The maximum Gasteiger partial charge on any atom is 0.407 e. The Labute approximate surface area is 185 Å². The molecule has 0 bridgehead atoms. The molecule has 1 unspecified atom stereocenters. The Balaban J connectivity index is 1.37. The molecule has 8 nitrogen and oxygen atoms in total. The molecule has 2 aliphatic rings. The molecule has 0 aromatic heterocycles. The van der Waals surface area contributed by atoms with Crippen LogP contribution < -0.4 is 10.6 Å². The highest BCUT2D eigenvalue weighted by Gasteiger charge is 2.34. The third kappa shape index (κ3) is 4.60. The highest BCUT2D eigenvalue weighted by Crippen LogP contribution is 2.44. The molecule has 1 atom stereocenters. The van der Waals surface area contributed by atoms with Gasteiger partial charge in [-0.2, -0.15) is 0 Å². The van der Waals surface area contributed by atoms with E-state index in [1.165, 1.54) is 0 Å². The number of rotatable bonds is 8. The molecule has 2 amide bonds. The molecule has 0 heterocycles. The number of methoxy groups -OCH3 is 1. The lowest BCUT2D eigenvalue weighted by Crippen LogP contribution is -2.54. The molecule has 0 spiro atoms. The van der Waals surface area contributed by atoms with Crippen molar-refractivity contribution in [1.82, 2.24) is 10.6 Å². The second kappa shape index (κ2) is 9.40. The van der Waals surface area contributed by atoms with Crippen LogP contribution in [0.4, 0.5) is 4.79 Å². The van der Waals surface area contributed by atoms with Gasteiger partial charge in [0.25, 0.3) is 0 Å². The van der Waals surface area contributed by atoms with Crippen LogP contribution in [-0.2, 0) is 19.1 Å². The SMILES string of the molecule is COC1CC(NC(=O)C(CC(=O)O)NC(=O)OCC2c3ccccc3-c3ccccc32)C1. The third-order valence-electron chi connectivity index (χ3n) is 6.11. The predicted octanol–water partition coefficient (Wildman–Crippen LogP) is 2.66. The standard InChI is InChI=1S/C24H26N2O6/c1-31-15-10-14(11-15)25-23(29)21(12-22(27)28)26-24(30)32-13-20-18-8-4-2-6-16(18)17-7-3-5-9-19(17)20/h2-9,14-15,20-21H,10-13H2,1H3,(H,25,29)(H,26,30)(H,27,28). The van der Waals surface area contributed by atoms with E-state index < -0.39 is 30.4 Å². The molecule has 32 heavy (non-hydrogen) atoms. The molecule has 0 radical (unpaired) electrons. The lowest BCUT2D eigenvalue weighted by molar-refractivity contribution is -0.140. The van der Waals surface area contributed by atoms with Crippen LogP contribution in [0.2, 0.25) is 0 Å². The molecule has 2 aromatic rings. The van der Waals surface area contributed by atoms with Gasteiger partial charge < -0.3 is 25.2 Å². The van der Waals surface area contributed by atoms with Crippen molar-refractivity contribution in [3.63, 3.8) is 0 Å². The summed E-state index contributed by atoms with van der Waals surface area (Å²) in [5.74, 6) is -1.85. The van der Waals surface area contributed by atoms with Crippen LogP contribution in [0.25, 0.3) is 11.1 Å². The summed E-state index contributed by atoms with van der Waals surface area (Å²) in [5.41, 5.74) is 4.35. The minimum Gasteiger partial charge on any atom is -0.481 e. The first-order valence-electron chi connectivity index (χ1n) is 10.6. The molecule has 1 saturated carbocycles. The van der Waals surface area contributed by atoms with Crippen LogP contribution in [0.1, 0.15) is 36.3 Å². The van der Waals surface area contributed by atoms with Crippen LogP contribution in [0, 0.1) is 0 Å². The lowest BCUT2D eigenvalue weighted by Gasteiger charge is -2.35. The number of carboxylic acid groups (broad SMARTS) is 1. The monoisotopic (exact) mass is 438 g/mol. The van der Waals surface area contributed by atoms with Crippen molar-refractivity contribution in [2.45, 2.75) is 43.4 Å². The van der Waals surface area contributed by atoms with Gasteiger partial charge in [0.05, 0.1) is 12.5 Å². The molecule has 3 N–H and O–H groups in total. The number of carbonyl (C=O) groups is 3.